The minimum absolute atomic E-state index is 0.0516. The van der Waals surface area contributed by atoms with E-state index >= 15 is 0 Å². The lowest BCUT2D eigenvalue weighted by Gasteiger charge is -2.13. The van der Waals surface area contributed by atoms with Crippen molar-refractivity contribution in [3.05, 3.63) is 29.3 Å². The van der Waals surface area contributed by atoms with Crippen molar-refractivity contribution in [1.29, 1.82) is 0 Å². The molecule has 3 amide bonds. The van der Waals surface area contributed by atoms with Crippen LogP contribution in [0.4, 0.5) is 4.79 Å². The van der Waals surface area contributed by atoms with Gasteiger partial charge in [0, 0.05) is 6.04 Å². The number of carbonyl (C=O) groups excluding carboxylic acids is 3. The molecule has 0 aliphatic carbocycles. The Labute approximate surface area is 154 Å². The standard InChI is InChI=1S/C19H28N2O5/c1-6-14(5)20-19(24)21-17(22)10-26-18(23)11-25-15-7-8-16(12(2)3)13(4)9-15/h7-9,12,14H,6,10-11H2,1-5H3,(H2,20,21,22,24)/t14-/m0/s1. The van der Waals surface area contributed by atoms with Crippen LogP contribution in [0.5, 0.6) is 5.75 Å². The predicted molar refractivity (Wildman–Crippen MR) is 98.1 cm³/mol. The van der Waals surface area contributed by atoms with Gasteiger partial charge in [-0.25, -0.2) is 9.59 Å². The number of ether oxygens (including phenoxy) is 2. The van der Waals surface area contributed by atoms with Crippen molar-refractivity contribution in [2.75, 3.05) is 13.2 Å². The maximum absolute atomic E-state index is 11.7. The topological polar surface area (TPSA) is 93.7 Å². The fraction of sp³-hybridized carbons (Fsp3) is 0.526. The number of amides is 3. The van der Waals surface area contributed by atoms with Crippen LogP contribution in [0, 0.1) is 6.92 Å². The molecule has 0 fully saturated rings. The van der Waals surface area contributed by atoms with E-state index in [9.17, 15) is 14.4 Å². The van der Waals surface area contributed by atoms with Gasteiger partial charge in [0.1, 0.15) is 5.75 Å². The van der Waals surface area contributed by atoms with E-state index in [0.29, 0.717) is 11.7 Å². The number of hydrogen-bond donors (Lipinski definition) is 2. The van der Waals surface area contributed by atoms with E-state index in [1.165, 1.54) is 5.56 Å². The molecule has 0 radical (unpaired) electrons. The Morgan fingerprint density at radius 1 is 1.12 bits per heavy atom. The lowest BCUT2D eigenvalue weighted by molar-refractivity contribution is -0.150. The maximum Gasteiger partial charge on any atom is 0.344 e. The number of imide groups is 1. The number of benzene rings is 1. The summed E-state index contributed by atoms with van der Waals surface area (Å²) in [6.45, 7) is 9.07. The molecular formula is C19H28N2O5. The molecule has 0 saturated carbocycles. The highest BCUT2D eigenvalue weighted by atomic mass is 16.6. The van der Waals surface area contributed by atoms with Crippen LogP contribution in [0.25, 0.3) is 0 Å². The first-order valence-corrected chi connectivity index (χ1v) is 8.72. The number of rotatable bonds is 8. The van der Waals surface area contributed by atoms with Gasteiger partial charge in [0.15, 0.2) is 13.2 Å². The highest BCUT2D eigenvalue weighted by Crippen LogP contribution is 2.23. The fourth-order valence-electron chi connectivity index (χ4n) is 2.24. The van der Waals surface area contributed by atoms with Crippen molar-refractivity contribution in [2.45, 2.75) is 53.0 Å². The van der Waals surface area contributed by atoms with Gasteiger partial charge in [-0.2, -0.15) is 0 Å². The molecular weight excluding hydrogens is 336 g/mol. The molecule has 0 aliphatic rings. The summed E-state index contributed by atoms with van der Waals surface area (Å²) in [5, 5.41) is 4.67. The van der Waals surface area contributed by atoms with Gasteiger partial charge >= 0.3 is 12.0 Å². The van der Waals surface area contributed by atoms with E-state index in [-0.39, 0.29) is 12.6 Å². The predicted octanol–water partition coefficient (Wildman–Crippen LogP) is 2.66. The fourth-order valence-corrected chi connectivity index (χ4v) is 2.24. The molecule has 0 spiro atoms. The quantitative estimate of drug-likeness (QED) is 0.692. The Morgan fingerprint density at radius 3 is 2.38 bits per heavy atom. The van der Waals surface area contributed by atoms with Crippen molar-refractivity contribution in [3.8, 4) is 5.75 Å². The highest BCUT2D eigenvalue weighted by molar-refractivity contribution is 5.95. The van der Waals surface area contributed by atoms with Crippen molar-refractivity contribution in [3.63, 3.8) is 0 Å². The zero-order valence-corrected chi connectivity index (χ0v) is 16.0. The summed E-state index contributed by atoms with van der Waals surface area (Å²) in [4.78, 5) is 34.7. The lowest BCUT2D eigenvalue weighted by Crippen LogP contribution is -2.44. The molecule has 2 N–H and O–H groups in total. The van der Waals surface area contributed by atoms with Crippen LogP contribution in [0.1, 0.15) is 51.2 Å². The van der Waals surface area contributed by atoms with Gasteiger partial charge in [-0.3, -0.25) is 10.1 Å². The molecule has 7 heteroatoms. The third kappa shape index (κ3) is 7.55. The average Bonchev–Trinajstić information content (AvgIpc) is 2.57. The van der Waals surface area contributed by atoms with Gasteiger partial charge in [-0.1, -0.05) is 26.8 Å². The van der Waals surface area contributed by atoms with E-state index in [1.807, 2.05) is 32.9 Å². The molecule has 26 heavy (non-hydrogen) atoms. The number of esters is 1. The third-order valence-electron chi connectivity index (χ3n) is 3.83. The van der Waals surface area contributed by atoms with E-state index in [4.69, 9.17) is 9.47 Å². The number of carbonyl (C=O) groups is 3. The third-order valence-corrected chi connectivity index (χ3v) is 3.83. The van der Waals surface area contributed by atoms with Gasteiger partial charge in [0.2, 0.25) is 0 Å². The number of urea groups is 1. The van der Waals surface area contributed by atoms with Crippen molar-refractivity contribution >= 4 is 17.9 Å². The normalized spacial score (nSPS) is 11.6. The van der Waals surface area contributed by atoms with Crippen LogP contribution >= 0.6 is 0 Å². The second kappa shape index (κ2) is 10.4. The Kier molecular flexibility index (Phi) is 8.61. The Morgan fingerprint density at radius 2 is 1.81 bits per heavy atom. The van der Waals surface area contributed by atoms with Gasteiger partial charge < -0.3 is 14.8 Å². The zero-order chi connectivity index (χ0) is 19.7. The van der Waals surface area contributed by atoms with Crippen LogP contribution in [-0.2, 0) is 14.3 Å². The summed E-state index contributed by atoms with van der Waals surface area (Å²) in [5.41, 5.74) is 2.30. The van der Waals surface area contributed by atoms with Crippen molar-refractivity contribution in [2.24, 2.45) is 0 Å². The van der Waals surface area contributed by atoms with Crippen LogP contribution < -0.4 is 15.4 Å². The van der Waals surface area contributed by atoms with Crippen LogP contribution in [-0.4, -0.2) is 37.2 Å². The molecule has 7 nitrogen and oxygen atoms in total. The van der Waals surface area contributed by atoms with Gasteiger partial charge in [-0.15, -0.1) is 0 Å². The van der Waals surface area contributed by atoms with E-state index in [0.717, 1.165) is 12.0 Å². The first-order chi connectivity index (χ1) is 12.2. The molecule has 0 bridgehead atoms. The minimum Gasteiger partial charge on any atom is -0.482 e. The summed E-state index contributed by atoms with van der Waals surface area (Å²) in [7, 11) is 0. The summed E-state index contributed by atoms with van der Waals surface area (Å²) in [6, 6.07) is 4.95. The molecule has 1 aromatic rings. The van der Waals surface area contributed by atoms with Crippen molar-refractivity contribution in [1.82, 2.24) is 10.6 Å². The molecule has 1 atom stereocenters. The summed E-state index contributed by atoms with van der Waals surface area (Å²) in [6.07, 6.45) is 0.742. The molecule has 1 rings (SSSR count). The molecule has 144 valence electrons. The average molecular weight is 364 g/mol. The first-order valence-electron chi connectivity index (χ1n) is 8.72. The number of nitrogens with one attached hydrogen (secondary N) is 2. The molecule has 0 unspecified atom stereocenters. The van der Waals surface area contributed by atoms with Crippen LogP contribution in [0.3, 0.4) is 0 Å². The molecule has 0 aliphatic heterocycles. The zero-order valence-electron chi connectivity index (χ0n) is 16.0. The largest absolute Gasteiger partial charge is 0.482 e. The summed E-state index contributed by atoms with van der Waals surface area (Å²) >= 11 is 0. The molecule has 0 heterocycles. The van der Waals surface area contributed by atoms with Crippen LogP contribution in [0.2, 0.25) is 0 Å². The van der Waals surface area contributed by atoms with Gasteiger partial charge in [0.05, 0.1) is 0 Å². The highest BCUT2D eigenvalue weighted by Gasteiger charge is 2.13. The second-order valence-electron chi connectivity index (χ2n) is 6.45. The minimum atomic E-state index is -0.698. The summed E-state index contributed by atoms with van der Waals surface area (Å²) < 4.78 is 10.2. The second-order valence-corrected chi connectivity index (χ2v) is 6.45. The van der Waals surface area contributed by atoms with E-state index in [1.54, 1.807) is 6.07 Å². The number of aryl methyl sites for hydroxylation is 1. The SMILES string of the molecule is CC[C@H](C)NC(=O)NC(=O)COC(=O)COc1ccc(C(C)C)c(C)c1. The van der Waals surface area contributed by atoms with Gasteiger partial charge in [-0.05, 0) is 49.4 Å². The molecule has 1 aromatic carbocycles. The smallest absolute Gasteiger partial charge is 0.344 e. The summed E-state index contributed by atoms with van der Waals surface area (Å²) in [5.74, 6) is -0.421. The van der Waals surface area contributed by atoms with Crippen LogP contribution in [0.15, 0.2) is 18.2 Å². The van der Waals surface area contributed by atoms with Gasteiger partial charge in [0.25, 0.3) is 5.91 Å². The van der Waals surface area contributed by atoms with E-state index in [2.05, 4.69) is 24.5 Å². The first kappa shape index (κ1) is 21.5. The molecule has 0 saturated heterocycles. The molecule has 0 aromatic heterocycles. The van der Waals surface area contributed by atoms with Crippen molar-refractivity contribution < 1.29 is 23.9 Å². The number of hydrogen-bond acceptors (Lipinski definition) is 5. The Bertz CT molecular complexity index is 643. The maximum atomic E-state index is 11.7. The Balaban J connectivity index is 2.35. The van der Waals surface area contributed by atoms with E-state index < -0.39 is 24.5 Å². The lowest BCUT2D eigenvalue weighted by atomic mass is 9.98. The monoisotopic (exact) mass is 364 g/mol. The Hall–Kier alpha value is -2.57.